The maximum atomic E-state index is 5.39. The van der Waals surface area contributed by atoms with Crippen LogP contribution in [0.3, 0.4) is 0 Å². The number of ether oxygens (including phenoxy) is 1. The molecule has 0 spiro atoms. The third-order valence-corrected chi connectivity index (χ3v) is 4.35. The Kier molecular flexibility index (Phi) is 5.87. The van der Waals surface area contributed by atoms with Gasteiger partial charge in [-0.15, -0.1) is 11.3 Å². The van der Waals surface area contributed by atoms with E-state index in [4.69, 9.17) is 10.5 Å². The zero-order valence-electron chi connectivity index (χ0n) is 11.5. The second kappa shape index (κ2) is 7.66. The highest BCUT2D eigenvalue weighted by molar-refractivity contribution is 7.12. The van der Waals surface area contributed by atoms with Crippen molar-refractivity contribution >= 4 is 11.3 Å². The molecule has 1 atom stereocenters. The van der Waals surface area contributed by atoms with E-state index in [1.807, 2.05) is 0 Å². The minimum Gasteiger partial charge on any atom is -0.384 e. The summed E-state index contributed by atoms with van der Waals surface area (Å²) in [6.45, 7) is 4.69. The van der Waals surface area contributed by atoms with Crippen LogP contribution < -0.4 is 5.73 Å². The summed E-state index contributed by atoms with van der Waals surface area (Å²) >= 11 is 1.78. The van der Waals surface area contributed by atoms with E-state index in [9.17, 15) is 0 Å². The van der Waals surface area contributed by atoms with Crippen LogP contribution in [0, 0.1) is 17.8 Å². The summed E-state index contributed by atoms with van der Waals surface area (Å²) in [5.41, 5.74) is 5.39. The van der Waals surface area contributed by atoms with Crippen LogP contribution in [-0.2, 0) is 11.3 Å². The van der Waals surface area contributed by atoms with Crippen LogP contribution in [0.2, 0.25) is 0 Å². The Labute approximate surface area is 119 Å². The number of hydrogen-bond donors (Lipinski definition) is 1. The quantitative estimate of drug-likeness (QED) is 0.855. The van der Waals surface area contributed by atoms with E-state index < -0.39 is 0 Å². The summed E-state index contributed by atoms with van der Waals surface area (Å²) in [5.74, 6) is 6.69. The number of hydrogen-bond acceptors (Lipinski definition) is 4. The monoisotopic (exact) mass is 278 g/mol. The fourth-order valence-corrected chi connectivity index (χ4v) is 3.48. The van der Waals surface area contributed by atoms with Gasteiger partial charge in [0.25, 0.3) is 0 Å². The number of nitrogens with zero attached hydrogens (tertiary/aromatic N) is 1. The molecular formula is C15H22N2OS. The normalized spacial score (nSPS) is 20.0. The third kappa shape index (κ3) is 4.63. The Bertz CT molecular complexity index is 444. The van der Waals surface area contributed by atoms with Crippen molar-refractivity contribution in [3.63, 3.8) is 0 Å². The number of likely N-dealkylation sites (tertiary alicyclic amines) is 1. The molecule has 104 valence electrons. The molecule has 1 fully saturated rings. The summed E-state index contributed by atoms with van der Waals surface area (Å²) in [6, 6.07) is 4.28. The number of thiophene rings is 1. The summed E-state index contributed by atoms with van der Waals surface area (Å²) in [4.78, 5) is 5.03. The molecule has 1 aliphatic rings. The zero-order valence-corrected chi connectivity index (χ0v) is 12.3. The highest BCUT2D eigenvalue weighted by atomic mass is 32.1. The lowest BCUT2D eigenvalue weighted by atomic mass is 9.99. The van der Waals surface area contributed by atoms with Crippen LogP contribution in [0.1, 0.15) is 22.6 Å². The van der Waals surface area contributed by atoms with Gasteiger partial charge in [-0.3, -0.25) is 4.90 Å². The maximum absolute atomic E-state index is 5.39. The van der Waals surface area contributed by atoms with Crippen LogP contribution in [0.15, 0.2) is 12.1 Å². The Balaban J connectivity index is 1.88. The topological polar surface area (TPSA) is 38.5 Å². The summed E-state index contributed by atoms with van der Waals surface area (Å²) in [5, 5.41) is 0. The molecule has 1 aliphatic heterocycles. The average molecular weight is 278 g/mol. The molecule has 19 heavy (non-hydrogen) atoms. The Morgan fingerprint density at radius 3 is 3.21 bits per heavy atom. The predicted octanol–water partition coefficient (Wildman–Crippen LogP) is 1.92. The first-order valence-corrected chi connectivity index (χ1v) is 7.62. The van der Waals surface area contributed by atoms with Crippen molar-refractivity contribution in [2.75, 3.05) is 33.4 Å². The SMILES string of the molecule is COCC1CCCN(Cc2ccc(C#CCN)s2)C1. The van der Waals surface area contributed by atoms with Crippen LogP contribution in [0.4, 0.5) is 0 Å². The number of nitrogens with two attached hydrogens (primary N) is 1. The fourth-order valence-electron chi connectivity index (χ4n) is 2.56. The summed E-state index contributed by atoms with van der Waals surface area (Å²) < 4.78 is 5.27. The lowest BCUT2D eigenvalue weighted by Crippen LogP contribution is -2.36. The van der Waals surface area contributed by atoms with Crippen LogP contribution in [0.5, 0.6) is 0 Å². The predicted molar refractivity (Wildman–Crippen MR) is 80.1 cm³/mol. The van der Waals surface area contributed by atoms with Gasteiger partial charge in [0.1, 0.15) is 0 Å². The van der Waals surface area contributed by atoms with Gasteiger partial charge in [0, 0.05) is 25.1 Å². The molecule has 4 heteroatoms. The maximum Gasteiger partial charge on any atom is 0.0772 e. The van der Waals surface area contributed by atoms with Crippen LogP contribution in [-0.4, -0.2) is 38.3 Å². The van der Waals surface area contributed by atoms with Gasteiger partial charge in [-0.25, -0.2) is 0 Å². The van der Waals surface area contributed by atoms with E-state index in [2.05, 4.69) is 28.9 Å². The molecule has 0 saturated carbocycles. The lowest BCUT2D eigenvalue weighted by Gasteiger charge is -2.31. The summed E-state index contributed by atoms with van der Waals surface area (Å²) in [6.07, 6.45) is 2.57. The minimum atomic E-state index is 0.429. The van der Waals surface area contributed by atoms with E-state index in [1.54, 1.807) is 18.4 Å². The third-order valence-electron chi connectivity index (χ3n) is 3.36. The Hall–Kier alpha value is -0.860. The van der Waals surface area contributed by atoms with Gasteiger partial charge in [-0.05, 0) is 37.4 Å². The van der Waals surface area contributed by atoms with Crippen molar-refractivity contribution in [2.45, 2.75) is 19.4 Å². The van der Waals surface area contributed by atoms with Crippen molar-refractivity contribution in [3.05, 3.63) is 21.9 Å². The van der Waals surface area contributed by atoms with Crippen LogP contribution >= 0.6 is 11.3 Å². The van der Waals surface area contributed by atoms with Gasteiger partial charge in [-0.2, -0.15) is 0 Å². The molecule has 1 unspecified atom stereocenters. The van der Waals surface area contributed by atoms with Gasteiger partial charge < -0.3 is 10.5 Å². The highest BCUT2D eigenvalue weighted by Gasteiger charge is 2.20. The highest BCUT2D eigenvalue weighted by Crippen LogP contribution is 2.22. The minimum absolute atomic E-state index is 0.429. The van der Waals surface area contributed by atoms with E-state index in [0.717, 1.165) is 24.6 Å². The molecule has 1 aromatic heterocycles. The molecule has 2 N–H and O–H groups in total. The number of piperidine rings is 1. The number of rotatable bonds is 4. The lowest BCUT2D eigenvalue weighted by molar-refractivity contribution is 0.0878. The van der Waals surface area contributed by atoms with Crippen LogP contribution in [0.25, 0.3) is 0 Å². The van der Waals surface area contributed by atoms with Crippen molar-refractivity contribution in [1.82, 2.24) is 4.90 Å². The van der Waals surface area contributed by atoms with Gasteiger partial charge in [-0.1, -0.05) is 11.8 Å². The largest absolute Gasteiger partial charge is 0.384 e. The first kappa shape index (κ1) is 14.5. The van der Waals surface area contributed by atoms with Crippen molar-refractivity contribution in [3.8, 4) is 11.8 Å². The van der Waals surface area contributed by atoms with Crippen molar-refractivity contribution in [2.24, 2.45) is 11.7 Å². The first-order valence-electron chi connectivity index (χ1n) is 6.80. The average Bonchev–Trinajstić information content (AvgIpc) is 2.85. The van der Waals surface area contributed by atoms with Gasteiger partial charge in [0.2, 0.25) is 0 Å². The zero-order chi connectivity index (χ0) is 13.5. The van der Waals surface area contributed by atoms with E-state index in [-0.39, 0.29) is 0 Å². The fraction of sp³-hybridized carbons (Fsp3) is 0.600. The van der Waals surface area contributed by atoms with Crippen molar-refractivity contribution in [1.29, 1.82) is 0 Å². The molecule has 0 amide bonds. The molecule has 2 rings (SSSR count). The first-order chi connectivity index (χ1) is 9.31. The molecule has 2 heterocycles. The second-order valence-corrected chi connectivity index (χ2v) is 6.14. The Morgan fingerprint density at radius 1 is 1.53 bits per heavy atom. The molecule has 0 aromatic carbocycles. The molecule has 1 saturated heterocycles. The molecule has 1 aromatic rings. The molecule has 3 nitrogen and oxygen atoms in total. The molecular weight excluding hydrogens is 256 g/mol. The molecule has 0 aliphatic carbocycles. The van der Waals surface area contributed by atoms with Gasteiger partial charge >= 0.3 is 0 Å². The van der Waals surface area contributed by atoms with Gasteiger partial charge in [0.15, 0.2) is 0 Å². The molecule has 0 radical (unpaired) electrons. The standard InChI is InChI=1S/C15H22N2OS/c1-18-12-13-4-3-9-17(10-13)11-15-7-6-14(19-15)5-2-8-16/h6-7,13H,3-4,8-12,16H2,1H3. The van der Waals surface area contributed by atoms with E-state index in [0.29, 0.717) is 12.5 Å². The van der Waals surface area contributed by atoms with Crippen molar-refractivity contribution < 1.29 is 4.74 Å². The smallest absolute Gasteiger partial charge is 0.0772 e. The van der Waals surface area contributed by atoms with E-state index in [1.165, 1.54) is 24.3 Å². The summed E-state index contributed by atoms with van der Waals surface area (Å²) in [7, 11) is 1.79. The number of methoxy groups -OCH3 is 1. The molecule has 0 bridgehead atoms. The van der Waals surface area contributed by atoms with E-state index >= 15 is 0 Å². The second-order valence-electron chi connectivity index (χ2n) is 4.97. The Morgan fingerprint density at radius 2 is 2.42 bits per heavy atom. The van der Waals surface area contributed by atoms with Gasteiger partial charge in [0.05, 0.1) is 18.0 Å².